The Labute approximate surface area is 104 Å². The Hall–Kier alpha value is -0.710. The summed E-state index contributed by atoms with van der Waals surface area (Å²) in [6.07, 6.45) is 0.635. The number of methoxy groups -OCH3 is 1. The van der Waals surface area contributed by atoms with E-state index < -0.39 is 0 Å². The van der Waals surface area contributed by atoms with Gasteiger partial charge < -0.3 is 14.5 Å². The Morgan fingerprint density at radius 1 is 1.62 bits per heavy atom. The third-order valence-electron chi connectivity index (χ3n) is 1.96. The van der Waals surface area contributed by atoms with Crippen LogP contribution in [0.2, 0.25) is 5.22 Å². The molecule has 1 rings (SSSR count). The second kappa shape index (κ2) is 6.78. The first-order valence-electron chi connectivity index (χ1n) is 4.78. The van der Waals surface area contributed by atoms with Crippen LogP contribution in [0.4, 0.5) is 0 Å². The lowest BCUT2D eigenvalue weighted by Gasteiger charge is -2.15. The maximum atomic E-state index is 11.7. The van der Waals surface area contributed by atoms with Crippen LogP contribution in [0.1, 0.15) is 17.0 Å². The predicted molar refractivity (Wildman–Crippen MR) is 62.2 cm³/mol. The number of hydrogen-bond donors (Lipinski definition) is 1. The SMILES string of the molecule is COCC(CCCl)NC(=O)c1ccc(Cl)o1. The van der Waals surface area contributed by atoms with Crippen LogP contribution in [0, 0.1) is 0 Å². The Kier molecular flexibility index (Phi) is 5.66. The molecule has 1 heterocycles. The highest BCUT2D eigenvalue weighted by atomic mass is 35.5. The quantitative estimate of drug-likeness (QED) is 0.804. The van der Waals surface area contributed by atoms with Gasteiger partial charge in [-0.3, -0.25) is 4.79 Å². The van der Waals surface area contributed by atoms with Crippen LogP contribution >= 0.6 is 23.2 Å². The Morgan fingerprint density at radius 2 is 2.38 bits per heavy atom. The molecule has 1 unspecified atom stereocenters. The zero-order valence-electron chi connectivity index (χ0n) is 8.83. The monoisotopic (exact) mass is 265 g/mol. The molecular formula is C10H13Cl2NO3. The topological polar surface area (TPSA) is 51.5 Å². The zero-order chi connectivity index (χ0) is 12.0. The summed E-state index contributed by atoms with van der Waals surface area (Å²) in [6.45, 7) is 0.410. The van der Waals surface area contributed by atoms with Crippen molar-refractivity contribution in [2.24, 2.45) is 0 Å². The standard InChI is InChI=1S/C10H13Cl2NO3/c1-15-6-7(4-5-11)13-10(14)8-2-3-9(12)16-8/h2-3,7H,4-6H2,1H3,(H,13,14). The van der Waals surface area contributed by atoms with E-state index in [2.05, 4.69) is 5.32 Å². The van der Waals surface area contributed by atoms with Gasteiger partial charge in [0.25, 0.3) is 5.91 Å². The molecule has 1 aromatic rings. The number of halogens is 2. The average molecular weight is 266 g/mol. The summed E-state index contributed by atoms with van der Waals surface area (Å²) < 4.78 is 9.95. The number of carbonyl (C=O) groups excluding carboxylic acids is 1. The minimum absolute atomic E-state index is 0.126. The minimum Gasteiger partial charge on any atom is -0.440 e. The van der Waals surface area contributed by atoms with Crippen molar-refractivity contribution in [3.8, 4) is 0 Å². The predicted octanol–water partition coefficient (Wildman–Crippen LogP) is 2.31. The van der Waals surface area contributed by atoms with Crippen LogP contribution in [0.3, 0.4) is 0 Å². The van der Waals surface area contributed by atoms with Gasteiger partial charge in [0.15, 0.2) is 11.0 Å². The first-order chi connectivity index (χ1) is 7.67. The van der Waals surface area contributed by atoms with Crippen LogP contribution in [0.15, 0.2) is 16.5 Å². The number of ether oxygens (including phenoxy) is 1. The summed E-state index contributed by atoms with van der Waals surface area (Å²) in [4.78, 5) is 11.7. The Bertz CT molecular complexity index is 335. The smallest absolute Gasteiger partial charge is 0.287 e. The average Bonchev–Trinajstić information content (AvgIpc) is 2.65. The normalized spacial score (nSPS) is 12.4. The number of carbonyl (C=O) groups is 1. The molecule has 0 saturated heterocycles. The Morgan fingerprint density at radius 3 is 2.88 bits per heavy atom. The van der Waals surface area contributed by atoms with Crippen LogP contribution in [0.5, 0.6) is 0 Å². The van der Waals surface area contributed by atoms with Gasteiger partial charge in [-0.15, -0.1) is 11.6 Å². The molecule has 0 bridgehead atoms. The summed E-state index contributed by atoms with van der Waals surface area (Å²) in [5.74, 6) is 0.312. The van der Waals surface area contributed by atoms with E-state index >= 15 is 0 Å². The van der Waals surface area contributed by atoms with Crippen molar-refractivity contribution in [2.75, 3.05) is 19.6 Å². The van der Waals surface area contributed by atoms with Gasteiger partial charge in [0.1, 0.15) is 0 Å². The molecule has 1 aromatic heterocycles. The molecule has 1 N–H and O–H groups in total. The number of nitrogens with one attached hydrogen (secondary N) is 1. The molecule has 0 saturated carbocycles. The summed E-state index contributed by atoms with van der Waals surface area (Å²) in [7, 11) is 1.57. The molecule has 0 aromatic carbocycles. The van der Waals surface area contributed by atoms with Gasteiger partial charge in [0.2, 0.25) is 0 Å². The van der Waals surface area contributed by atoms with Crippen LogP contribution in [-0.2, 0) is 4.74 Å². The molecular weight excluding hydrogens is 253 g/mol. The molecule has 1 amide bonds. The fourth-order valence-electron chi connectivity index (χ4n) is 1.22. The van der Waals surface area contributed by atoms with Crippen LogP contribution < -0.4 is 5.32 Å². The van der Waals surface area contributed by atoms with E-state index in [-0.39, 0.29) is 22.9 Å². The third-order valence-corrected chi connectivity index (χ3v) is 2.38. The van der Waals surface area contributed by atoms with Crippen molar-refractivity contribution < 1.29 is 13.9 Å². The van der Waals surface area contributed by atoms with E-state index in [0.29, 0.717) is 18.9 Å². The molecule has 6 heteroatoms. The molecule has 0 aliphatic heterocycles. The second-order valence-electron chi connectivity index (χ2n) is 3.21. The molecule has 16 heavy (non-hydrogen) atoms. The second-order valence-corrected chi connectivity index (χ2v) is 3.96. The fraction of sp³-hybridized carbons (Fsp3) is 0.500. The number of alkyl halides is 1. The van der Waals surface area contributed by atoms with Gasteiger partial charge in [-0.1, -0.05) is 0 Å². The maximum Gasteiger partial charge on any atom is 0.287 e. The fourth-order valence-corrected chi connectivity index (χ4v) is 1.63. The van der Waals surface area contributed by atoms with Gasteiger partial charge >= 0.3 is 0 Å². The van der Waals surface area contributed by atoms with E-state index in [1.807, 2.05) is 0 Å². The Balaban J connectivity index is 2.54. The summed E-state index contributed by atoms with van der Waals surface area (Å²) >= 11 is 11.2. The van der Waals surface area contributed by atoms with E-state index in [0.717, 1.165) is 0 Å². The number of furan rings is 1. The van der Waals surface area contributed by atoms with Crippen LogP contribution in [0.25, 0.3) is 0 Å². The van der Waals surface area contributed by atoms with Crippen LogP contribution in [-0.4, -0.2) is 31.5 Å². The highest BCUT2D eigenvalue weighted by Crippen LogP contribution is 2.13. The molecule has 0 aliphatic rings. The minimum atomic E-state index is -0.320. The lowest BCUT2D eigenvalue weighted by Crippen LogP contribution is -2.38. The van der Waals surface area contributed by atoms with Crippen molar-refractivity contribution in [2.45, 2.75) is 12.5 Å². The number of rotatable bonds is 6. The van der Waals surface area contributed by atoms with Crippen molar-refractivity contribution in [1.29, 1.82) is 0 Å². The molecule has 90 valence electrons. The zero-order valence-corrected chi connectivity index (χ0v) is 10.3. The first-order valence-corrected chi connectivity index (χ1v) is 5.69. The van der Waals surface area contributed by atoms with Crippen molar-refractivity contribution in [3.05, 3.63) is 23.1 Å². The van der Waals surface area contributed by atoms with Gasteiger partial charge in [-0.05, 0) is 30.2 Å². The summed E-state index contributed by atoms with van der Waals surface area (Å²) in [5, 5.41) is 2.93. The van der Waals surface area contributed by atoms with Crippen molar-refractivity contribution >= 4 is 29.1 Å². The number of amides is 1. The number of hydrogen-bond acceptors (Lipinski definition) is 3. The lowest BCUT2D eigenvalue weighted by atomic mass is 10.2. The van der Waals surface area contributed by atoms with Gasteiger partial charge in [0, 0.05) is 13.0 Å². The molecule has 0 radical (unpaired) electrons. The van der Waals surface area contributed by atoms with Gasteiger partial charge in [0.05, 0.1) is 12.6 Å². The highest BCUT2D eigenvalue weighted by molar-refractivity contribution is 6.29. The lowest BCUT2D eigenvalue weighted by molar-refractivity contribution is 0.0868. The van der Waals surface area contributed by atoms with Crippen molar-refractivity contribution in [3.63, 3.8) is 0 Å². The molecule has 4 nitrogen and oxygen atoms in total. The first kappa shape index (κ1) is 13.4. The molecule has 0 fully saturated rings. The third kappa shape index (κ3) is 4.04. The van der Waals surface area contributed by atoms with E-state index in [1.54, 1.807) is 7.11 Å². The summed E-state index contributed by atoms with van der Waals surface area (Å²) in [6, 6.07) is 2.91. The highest BCUT2D eigenvalue weighted by Gasteiger charge is 2.15. The largest absolute Gasteiger partial charge is 0.440 e. The van der Waals surface area contributed by atoms with E-state index in [4.69, 9.17) is 32.4 Å². The van der Waals surface area contributed by atoms with Crippen molar-refractivity contribution in [1.82, 2.24) is 5.32 Å². The van der Waals surface area contributed by atoms with E-state index in [9.17, 15) is 4.79 Å². The van der Waals surface area contributed by atoms with Gasteiger partial charge in [-0.2, -0.15) is 0 Å². The molecule has 0 aliphatic carbocycles. The maximum absolute atomic E-state index is 11.7. The van der Waals surface area contributed by atoms with Gasteiger partial charge in [-0.25, -0.2) is 0 Å². The summed E-state index contributed by atoms with van der Waals surface area (Å²) in [5.41, 5.74) is 0. The molecule has 1 atom stereocenters. The van der Waals surface area contributed by atoms with E-state index in [1.165, 1.54) is 12.1 Å². The molecule has 0 spiro atoms.